The van der Waals surface area contributed by atoms with Gasteiger partial charge in [-0.2, -0.15) is 0 Å². The van der Waals surface area contributed by atoms with Crippen LogP contribution >= 0.6 is 11.6 Å². The highest BCUT2D eigenvalue weighted by Crippen LogP contribution is 2.32. The summed E-state index contributed by atoms with van der Waals surface area (Å²) in [4.78, 5) is 13.3. The minimum absolute atomic E-state index is 0.0948. The van der Waals surface area contributed by atoms with Crippen molar-refractivity contribution < 1.29 is 13.4 Å². The zero-order valence-electron chi connectivity index (χ0n) is 16.1. The Morgan fingerprint density at radius 3 is 2.73 bits per heavy atom. The topological polar surface area (TPSA) is 87.0 Å². The number of rotatable bonds is 3. The molecule has 2 aromatic carbocycles. The largest absolute Gasteiger partial charge is 0.345 e. The van der Waals surface area contributed by atoms with Crippen LogP contribution in [0.5, 0.6) is 0 Å². The van der Waals surface area contributed by atoms with Crippen molar-refractivity contribution >= 4 is 33.1 Å². The Kier molecular flexibility index (Phi) is 5.40. The molecule has 2 heterocycles. The smallest absolute Gasteiger partial charge is 0.272 e. The number of fused-ring (bicyclic) bond motifs is 1. The van der Waals surface area contributed by atoms with Crippen molar-refractivity contribution in [2.45, 2.75) is 23.8 Å². The van der Waals surface area contributed by atoms with Crippen LogP contribution in [0.3, 0.4) is 0 Å². The average Bonchev–Trinajstić information content (AvgIpc) is 2.99. The van der Waals surface area contributed by atoms with E-state index >= 15 is 0 Å². The van der Waals surface area contributed by atoms with E-state index in [4.69, 9.17) is 16.4 Å². The first-order valence-electron chi connectivity index (χ1n) is 9.32. The Labute approximate surface area is 179 Å². The highest BCUT2D eigenvalue weighted by molar-refractivity contribution is 7.90. The van der Waals surface area contributed by atoms with Crippen LogP contribution in [0.2, 0.25) is 5.02 Å². The Morgan fingerprint density at radius 2 is 2.03 bits per heavy atom. The van der Waals surface area contributed by atoms with E-state index in [2.05, 4.69) is 10.0 Å². The fourth-order valence-electron chi connectivity index (χ4n) is 3.73. The summed E-state index contributed by atoms with van der Waals surface area (Å²) in [7, 11) is -1.65. The normalized spacial score (nSPS) is 21.0. The zero-order valence-corrected chi connectivity index (χ0v) is 17.7. The van der Waals surface area contributed by atoms with Gasteiger partial charge in [0.25, 0.3) is 5.91 Å². The molecule has 0 bridgehead atoms. The van der Waals surface area contributed by atoms with Gasteiger partial charge >= 0.3 is 0 Å². The number of benzene rings is 2. The number of carbonyl (C=O) groups excluding carboxylic acids is 1. The van der Waals surface area contributed by atoms with E-state index in [9.17, 15) is 13.4 Å². The zero-order chi connectivity index (χ0) is 21.5. The van der Waals surface area contributed by atoms with Gasteiger partial charge in [-0.3, -0.25) is 4.79 Å². The third kappa shape index (κ3) is 3.86. The summed E-state index contributed by atoms with van der Waals surface area (Å²) in [5.74, 6) is -1.01. The molecular formula is C21H20ClFN4O2S. The van der Waals surface area contributed by atoms with Crippen molar-refractivity contribution in [2.24, 2.45) is 7.05 Å². The number of amides is 1. The maximum Gasteiger partial charge on any atom is 0.272 e. The SMILES string of the molecule is Cn1cc2c(c1C(=O)Nc1ccc(F)c(Cl)c1)CC[C@@H](c1ccccc1)NS2(=N)=O. The summed E-state index contributed by atoms with van der Waals surface area (Å²) < 4.78 is 39.6. The third-order valence-corrected chi connectivity index (χ3v) is 7.02. The molecule has 0 radical (unpaired) electrons. The second-order valence-electron chi connectivity index (χ2n) is 7.19. The fraction of sp³-hybridized carbons (Fsp3) is 0.190. The van der Waals surface area contributed by atoms with Gasteiger partial charge in [0.05, 0.1) is 9.92 Å². The van der Waals surface area contributed by atoms with E-state index in [-0.39, 0.29) is 11.1 Å². The monoisotopic (exact) mass is 446 g/mol. The Morgan fingerprint density at radius 1 is 1.30 bits per heavy atom. The van der Waals surface area contributed by atoms with Crippen molar-refractivity contribution in [3.63, 3.8) is 0 Å². The first kappa shape index (κ1) is 20.6. The van der Waals surface area contributed by atoms with E-state index in [1.807, 2.05) is 30.3 Å². The highest BCUT2D eigenvalue weighted by Gasteiger charge is 2.31. The maximum absolute atomic E-state index is 13.4. The number of nitrogens with zero attached hydrogens (tertiary/aromatic N) is 1. The van der Waals surface area contributed by atoms with Gasteiger partial charge in [-0.1, -0.05) is 41.9 Å². The van der Waals surface area contributed by atoms with Crippen molar-refractivity contribution in [3.05, 3.63) is 82.4 Å². The molecule has 1 unspecified atom stereocenters. The molecule has 1 aliphatic heterocycles. The van der Waals surface area contributed by atoms with Crippen molar-refractivity contribution in [1.82, 2.24) is 9.29 Å². The number of hydrogen-bond donors (Lipinski definition) is 3. The predicted octanol–water partition coefficient (Wildman–Crippen LogP) is 4.67. The van der Waals surface area contributed by atoms with Crippen LogP contribution in [-0.4, -0.2) is 14.7 Å². The van der Waals surface area contributed by atoms with E-state index in [1.54, 1.807) is 17.8 Å². The lowest BCUT2D eigenvalue weighted by atomic mass is 9.99. The maximum atomic E-state index is 13.4. The lowest BCUT2D eigenvalue weighted by Crippen LogP contribution is -2.26. The lowest BCUT2D eigenvalue weighted by Gasteiger charge is -2.17. The van der Waals surface area contributed by atoms with Crippen LogP contribution in [0.15, 0.2) is 59.6 Å². The molecule has 9 heteroatoms. The van der Waals surface area contributed by atoms with Crippen LogP contribution in [0.4, 0.5) is 10.1 Å². The van der Waals surface area contributed by atoms with Crippen LogP contribution in [0.1, 0.15) is 34.1 Å². The molecule has 3 aromatic rings. The third-order valence-electron chi connectivity index (χ3n) is 5.14. The lowest BCUT2D eigenvalue weighted by molar-refractivity contribution is 0.101. The number of hydrogen-bond acceptors (Lipinski definition) is 3. The van der Waals surface area contributed by atoms with Crippen molar-refractivity contribution in [2.75, 3.05) is 5.32 Å². The van der Waals surface area contributed by atoms with Gasteiger partial charge in [0.2, 0.25) is 0 Å². The van der Waals surface area contributed by atoms with Crippen LogP contribution in [0.25, 0.3) is 0 Å². The molecule has 1 aliphatic rings. The first-order chi connectivity index (χ1) is 14.3. The molecule has 2 atom stereocenters. The number of halogens is 2. The van der Waals surface area contributed by atoms with Gasteiger partial charge in [0.15, 0.2) is 0 Å². The second kappa shape index (κ2) is 7.86. The fourth-order valence-corrected chi connectivity index (χ4v) is 5.54. The average molecular weight is 447 g/mol. The summed E-state index contributed by atoms with van der Waals surface area (Å²) in [6, 6.07) is 13.2. The molecule has 30 heavy (non-hydrogen) atoms. The molecule has 156 valence electrons. The minimum Gasteiger partial charge on any atom is -0.345 e. The molecular weight excluding hydrogens is 427 g/mol. The first-order valence-corrected chi connectivity index (χ1v) is 11.3. The Hall–Kier alpha value is -2.68. The summed E-state index contributed by atoms with van der Waals surface area (Å²) in [5.41, 5.74) is 2.19. The molecule has 3 N–H and O–H groups in total. The standard InChI is InChI=1S/C21H20ClFN4O2S/c1-27-12-19-15(20(27)21(28)25-14-7-9-17(23)16(22)11-14)8-10-18(26-30(19,24)29)13-5-3-2-4-6-13/h2-7,9,11-12,18H,8,10H2,1H3,(H,25,28)(H2,24,26,29)/t18-,30?/m0/s1. The molecule has 0 spiro atoms. The van der Waals surface area contributed by atoms with Crippen LogP contribution in [-0.2, 0) is 23.4 Å². The number of nitrogens with one attached hydrogen (secondary N) is 3. The molecule has 0 saturated carbocycles. The second-order valence-corrected chi connectivity index (χ2v) is 9.39. The Balaban J connectivity index is 1.68. The summed E-state index contributed by atoms with van der Waals surface area (Å²) in [6.45, 7) is 0. The van der Waals surface area contributed by atoms with Gasteiger partial charge in [-0.15, -0.1) is 0 Å². The van der Waals surface area contributed by atoms with Crippen LogP contribution < -0.4 is 10.0 Å². The summed E-state index contributed by atoms with van der Waals surface area (Å²) >= 11 is 5.80. The molecule has 4 rings (SSSR count). The molecule has 1 aromatic heterocycles. The van der Waals surface area contributed by atoms with Gasteiger partial charge in [0.1, 0.15) is 21.4 Å². The number of carbonyl (C=O) groups is 1. The summed E-state index contributed by atoms with van der Waals surface area (Å²) in [6.07, 6.45) is 2.63. The molecule has 0 aliphatic carbocycles. The molecule has 0 saturated heterocycles. The van der Waals surface area contributed by atoms with Crippen LogP contribution in [0, 0.1) is 10.6 Å². The van der Waals surface area contributed by atoms with Gasteiger partial charge in [0, 0.05) is 30.5 Å². The number of anilines is 1. The van der Waals surface area contributed by atoms with Crippen molar-refractivity contribution in [3.8, 4) is 0 Å². The van der Waals surface area contributed by atoms with Gasteiger partial charge in [-0.25, -0.2) is 18.1 Å². The Bertz CT molecular complexity index is 1230. The molecule has 0 fully saturated rings. The minimum atomic E-state index is -3.32. The van der Waals surface area contributed by atoms with Crippen molar-refractivity contribution in [1.29, 1.82) is 4.78 Å². The van der Waals surface area contributed by atoms with E-state index in [0.717, 1.165) is 5.56 Å². The van der Waals surface area contributed by atoms with E-state index < -0.39 is 21.6 Å². The quantitative estimate of drug-likeness (QED) is 0.546. The highest BCUT2D eigenvalue weighted by atomic mass is 35.5. The van der Waals surface area contributed by atoms with Gasteiger partial charge in [-0.05, 0) is 36.6 Å². The van der Waals surface area contributed by atoms with Gasteiger partial charge < -0.3 is 9.88 Å². The predicted molar refractivity (Wildman–Crippen MR) is 115 cm³/mol. The number of aromatic nitrogens is 1. The van der Waals surface area contributed by atoms with E-state index in [0.29, 0.717) is 34.7 Å². The van der Waals surface area contributed by atoms with E-state index in [1.165, 1.54) is 18.2 Å². The molecule has 1 amide bonds. The number of aryl methyl sites for hydroxylation is 1. The summed E-state index contributed by atoms with van der Waals surface area (Å²) in [5, 5.41) is 2.61. The molecule has 6 nitrogen and oxygen atoms in total.